The summed E-state index contributed by atoms with van der Waals surface area (Å²) < 4.78 is 10.7. The molecule has 0 unspecified atom stereocenters. The SMILES string of the molecule is COc1cccc(CNC(=O)Cc2nnc(-c3ccc(C)cc3)o2)c1. The number of nitrogens with one attached hydrogen (secondary N) is 1. The zero-order valence-electron chi connectivity index (χ0n) is 14.2. The van der Waals surface area contributed by atoms with Gasteiger partial charge in [-0.2, -0.15) is 0 Å². The zero-order chi connectivity index (χ0) is 17.6. The molecule has 3 aromatic rings. The van der Waals surface area contributed by atoms with Crippen molar-refractivity contribution in [3.63, 3.8) is 0 Å². The lowest BCUT2D eigenvalue weighted by Gasteiger charge is -2.05. The van der Waals surface area contributed by atoms with E-state index in [-0.39, 0.29) is 12.3 Å². The molecule has 0 saturated heterocycles. The van der Waals surface area contributed by atoms with Crippen LogP contribution in [0.4, 0.5) is 0 Å². The van der Waals surface area contributed by atoms with Gasteiger partial charge in [-0.1, -0.05) is 29.8 Å². The van der Waals surface area contributed by atoms with E-state index in [1.54, 1.807) is 7.11 Å². The Balaban J connectivity index is 1.57. The minimum absolute atomic E-state index is 0.0445. The summed E-state index contributed by atoms with van der Waals surface area (Å²) in [6.45, 7) is 2.42. The first-order valence-corrected chi connectivity index (χ1v) is 7.93. The number of hydrogen-bond donors (Lipinski definition) is 1. The van der Waals surface area contributed by atoms with E-state index in [0.717, 1.165) is 22.4 Å². The number of amides is 1. The first kappa shape index (κ1) is 16.7. The molecule has 128 valence electrons. The fourth-order valence-corrected chi connectivity index (χ4v) is 2.32. The maximum atomic E-state index is 12.1. The molecule has 1 N–H and O–H groups in total. The second kappa shape index (κ2) is 7.61. The molecular weight excluding hydrogens is 318 g/mol. The van der Waals surface area contributed by atoms with Crippen LogP contribution in [0, 0.1) is 6.92 Å². The van der Waals surface area contributed by atoms with Crippen molar-refractivity contribution in [1.82, 2.24) is 15.5 Å². The molecule has 0 atom stereocenters. The topological polar surface area (TPSA) is 77.2 Å². The van der Waals surface area contributed by atoms with Crippen molar-refractivity contribution in [3.05, 3.63) is 65.5 Å². The van der Waals surface area contributed by atoms with E-state index in [2.05, 4.69) is 15.5 Å². The number of aromatic nitrogens is 2. The highest BCUT2D eigenvalue weighted by Crippen LogP contribution is 2.18. The van der Waals surface area contributed by atoms with Crippen LogP contribution in [0.5, 0.6) is 5.75 Å². The molecule has 0 radical (unpaired) electrons. The Bertz CT molecular complexity index is 856. The summed E-state index contributed by atoms with van der Waals surface area (Å²) in [5.41, 5.74) is 2.94. The van der Waals surface area contributed by atoms with Gasteiger partial charge in [0, 0.05) is 12.1 Å². The van der Waals surface area contributed by atoms with Gasteiger partial charge in [-0.25, -0.2) is 0 Å². The standard InChI is InChI=1S/C19H19N3O3/c1-13-6-8-15(9-7-13)19-22-21-18(25-19)11-17(23)20-12-14-4-3-5-16(10-14)24-2/h3-10H,11-12H2,1-2H3,(H,20,23). The average molecular weight is 337 g/mol. The van der Waals surface area contributed by atoms with Gasteiger partial charge in [0.05, 0.1) is 7.11 Å². The van der Waals surface area contributed by atoms with Gasteiger partial charge in [0.2, 0.25) is 17.7 Å². The minimum atomic E-state index is -0.179. The molecule has 25 heavy (non-hydrogen) atoms. The van der Waals surface area contributed by atoms with Crippen molar-refractivity contribution in [3.8, 4) is 17.2 Å². The molecule has 6 heteroatoms. The number of nitrogens with zero attached hydrogens (tertiary/aromatic N) is 2. The highest BCUT2D eigenvalue weighted by atomic mass is 16.5. The van der Waals surface area contributed by atoms with Gasteiger partial charge in [-0.3, -0.25) is 4.79 Å². The Morgan fingerprint density at radius 1 is 1.16 bits per heavy atom. The van der Waals surface area contributed by atoms with Crippen molar-refractivity contribution in [1.29, 1.82) is 0 Å². The summed E-state index contributed by atoms with van der Waals surface area (Å²) in [5.74, 6) is 1.28. The number of rotatable bonds is 6. The Hall–Kier alpha value is -3.15. The van der Waals surface area contributed by atoms with E-state index in [1.807, 2.05) is 55.5 Å². The third-order valence-electron chi connectivity index (χ3n) is 3.70. The third kappa shape index (κ3) is 4.44. The zero-order valence-corrected chi connectivity index (χ0v) is 14.2. The van der Waals surface area contributed by atoms with Gasteiger partial charge in [0.25, 0.3) is 0 Å². The van der Waals surface area contributed by atoms with Gasteiger partial charge in [0.15, 0.2) is 0 Å². The summed E-state index contributed by atoms with van der Waals surface area (Å²) in [5, 5.41) is 10.8. The van der Waals surface area contributed by atoms with Crippen molar-refractivity contribution in [2.45, 2.75) is 19.9 Å². The van der Waals surface area contributed by atoms with Gasteiger partial charge >= 0.3 is 0 Å². The molecule has 0 aliphatic rings. The number of ether oxygens (including phenoxy) is 1. The second-order valence-corrected chi connectivity index (χ2v) is 5.67. The molecule has 1 heterocycles. The first-order valence-electron chi connectivity index (χ1n) is 7.93. The van der Waals surface area contributed by atoms with Gasteiger partial charge in [-0.15, -0.1) is 10.2 Å². The maximum Gasteiger partial charge on any atom is 0.247 e. The molecule has 3 rings (SSSR count). The molecule has 0 fully saturated rings. The van der Waals surface area contributed by atoms with Crippen LogP contribution in [0.2, 0.25) is 0 Å². The predicted molar refractivity (Wildman–Crippen MR) is 93.0 cm³/mol. The van der Waals surface area contributed by atoms with Crippen molar-refractivity contribution in [2.24, 2.45) is 0 Å². The quantitative estimate of drug-likeness (QED) is 0.748. The Kier molecular flexibility index (Phi) is 5.09. The average Bonchev–Trinajstić information content (AvgIpc) is 3.09. The van der Waals surface area contributed by atoms with Crippen LogP contribution in [0.15, 0.2) is 52.9 Å². The third-order valence-corrected chi connectivity index (χ3v) is 3.70. The van der Waals surface area contributed by atoms with Crippen molar-refractivity contribution < 1.29 is 13.9 Å². The van der Waals surface area contributed by atoms with E-state index in [4.69, 9.17) is 9.15 Å². The number of carbonyl (C=O) groups excluding carboxylic acids is 1. The van der Waals surface area contributed by atoms with E-state index >= 15 is 0 Å². The minimum Gasteiger partial charge on any atom is -0.497 e. The largest absolute Gasteiger partial charge is 0.497 e. The normalized spacial score (nSPS) is 10.5. The molecule has 2 aromatic carbocycles. The van der Waals surface area contributed by atoms with Crippen molar-refractivity contribution in [2.75, 3.05) is 7.11 Å². The van der Waals surface area contributed by atoms with Gasteiger partial charge < -0.3 is 14.5 Å². The van der Waals surface area contributed by atoms with Crippen LogP contribution >= 0.6 is 0 Å². The lowest BCUT2D eigenvalue weighted by molar-refractivity contribution is -0.120. The van der Waals surface area contributed by atoms with Crippen LogP contribution in [0.3, 0.4) is 0 Å². The summed E-state index contributed by atoms with van der Waals surface area (Å²) in [4.78, 5) is 12.1. The highest BCUT2D eigenvalue weighted by Gasteiger charge is 2.12. The van der Waals surface area contributed by atoms with Crippen LogP contribution in [0.1, 0.15) is 17.0 Å². The molecule has 1 amide bonds. The lowest BCUT2D eigenvalue weighted by Crippen LogP contribution is -2.24. The summed E-state index contributed by atoms with van der Waals surface area (Å²) in [6.07, 6.45) is 0.0445. The molecule has 0 aliphatic heterocycles. The van der Waals surface area contributed by atoms with Crippen molar-refractivity contribution >= 4 is 5.91 Å². The van der Waals surface area contributed by atoms with E-state index in [0.29, 0.717) is 18.3 Å². The fourth-order valence-electron chi connectivity index (χ4n) is 2.32. The molecular formula is C19H19N3O3. The molecule has 0 aliphatic carbocycles. The number of aryl methyl sites for hydroxylation is 1. The predicted octanol–water partition coefficient (Wildman–Crippen LogP) is 2.91. The number of carbonyl (C=O) groups is 1. The molecule has 0 saturated carbocycles. The second-order valence-electron chi connectivity index (χ2n) is 5.67. The van der Waals surface area contributed by atoms with Crippen LogP contribution in [0.25, 0.3) is 11.5 Å². The number of methoxy groups -OCH3 is 1. The maximum absolute atomic E-state index is 12.1. The van der Waals surface area contributed by atoms with Crippen LogP contribution in [-0.4, -0.2) is 23.2 Å². The Labute approximate surface area is 145 Å². The lowest BCUT2D eigenvalue weighted by atomic mass is 10.1. The molecule has 6 nitrogen and oxygen atoms in total. The van der Waals surface area contributed by atoms with Crippen LogP contribution in [-0.2, 0) is 17.8 Å². The van der Waals surface area contributed by atoms with Crippen LogP contribution < -0.4 is 10.1 Å². The summed E-state index contributed by atoms with van der Waals surface area (Å²) in [7, 11) is 1.61. The Morgan fingerprint density at radius 2 is 1.96 bits per heavy atom. The smallest absolute Gasteiger partial charge is 0.247 e. The Morgan fingerprint density at radius 3 is 2.72 bits per heavy atom. The summed E-state index contributed by atoms with van der Waals surface area (Å²) >= 11 is 0. The van der Waals surface area contributed by atoms with Gasteiger partial charge in [0.1, 0.15) is 12.2 Å². The van der Waals surface area contributed by atoms with E-state index in [9.17, 15) is 4.79 Å². The first-order chi connectivity index (χ1) is 12.1. The number of benzene rings is 2. The summed E-state index contributed by atoms with van der Waals surface area (Å²) in [6, 6.07) is 15.3. The molecule has 0 spiro atoms. The van der Waals surface area contributed by atoms with Gasteiger partial charge in [-0.05, 0) is 36.8 Å². The monoisotopic (exact) mass is 337 g/mol. The van der Waals surface area contributed by atoms with E-state index < -0.39 is 0 Å². The molecule has 1 aromatic heterocycles. The highest BCUT2D eigenvalue weighted by molar-refractivity contribution is 5.77. The molecule has 0 bridgehead atoms. The fraction of sp³-hybridized carbons (Fsp3) is 0.211. The van der Waals surface area contributed by atoms with E-state index in [1.165, 1.54) is 0 Å². The number of hydrogen-bond acceptors (Lipinski definition) is 5.